The van der Waals surface area contributed by atoms with Crippen LogP contribution in [-0.4, -0.2) is 17.1 Å². The van der Waals surface area contributed by atoms with Crippen molar-refractivity contribution < 1.29 is 9.13 Å². The van der Waals surface area contributed by atoms with E-state index in [2.05, 4.69) is 15.3 Å². The molecule has 1 saturated carbocycles. The van der Waals surface area contributed by atoms with Gasteiger partial charge >= 0.3 is 0 Å². The Hall–Kier alpha value is -2.17. The van der Waals surface area contributed by atoms with Crippen molar-refractivity contribution >= 4 is 5.82 Å². The van der Waals surface area contributed by atoms with Gasteiger partial charge in [0.15, 0.2) is 11.6 Å². The van der Waals surface area contributed by atoms with Gasteiger partial charge in [-0.25, -0.2) is 14.4 Å². The van der Waals surface area contributed by atoms with E-state index in [0.29, 0.717) is 12.2 Å². The standard InChI is InChI=1S/C15H16FN3O/c1-20-12-4-2-3-10(7-12)8-17-15-13(16)14(11-5-6-11)18-9-19-15/h2-4,7,9,11H,5-6,8H2,1H3,(H,17,18,19). The first-order valence-corrected chi connectivity index (χ1v) is 6.65. The molecular formula is C15H16FN3O. The molecule has 0 saturated heterocycles. The number of halogens is 1. The number of methoxy groups -OCH3 is 1. The fourth-order valence-electron chi connectivity index (χ4n) is 2.12. The lowest BCUT2D eigenvalue weighted by Crippen LogP contribution is -2.06. The number of benzene rings is 1. The quantitative estimate of drug-likeness (QED) is 0.909. The van der Waals surface area contributed by atoms with E-state index in [1.54, 1.807) is 7.11 Å². The van der Waals surface area contributed by atoms with Gasteiger partial charge in [0.25, 0.3) is 0 Å². The summed E-state index contributed by atoms with van der Waals surface area (Å²) in [6.07, 6.45) is 3.46. The van der Waals surface area contributed by atoms with E-state index in [-0.39, 0.29) is 17.6 Å². The third-order valence-electron chi connectivity index (χ3n) is 3.37. The van der Waals surface area contributed by atoms with Crippen molar-refractivity contribution in [2.75, 3.05) is 12.4 Å². The highest BCUT2D eigenvalue weighted by Gasteiger charge is 2.29. The molecule has 0 bridgehead atoms. The maximum atomic E-state index is 14.2. The molecule has 1 N–H and O–H groups in total. The lowest BCUT2D eigenvalue weighted by molar-refractivity contribution is 0.414. The molecule has 0 aliphatic heterocycles. The van der Waals surface area contributed by atoms with Gasteiger partial charge in [-0.3, -0.25) is 0 Å². The largest absolute Gasteiger partial charge is 0.497 e. The summed E-state index contributed by atoms with van der Waals surface area (Å²) in [6, 6.07) is 7.64. The number of aromatic nitrogens is 2. The highest BCUT2D eigenvalue weighted by molar-refractivity contribution is 5.40. The first-order valence-electron chi connectivity index (χ1n) is 6.65. The molecule has 104 valence electrons. The third kappa shape index (κ3) is 2.71. The summed E-state index contributed by atoms with van der Waals surface area (Å²) in [5.41, 5.74) is 1.54. The highest BCUT2D eigenvalue weighted by Crippen LogP contribution is 2.40. The Bertz CT molecular complexity index is 614. The predicted molar refractivity (Wildman–Crippen MR) is 74.3 cm³/mol. The van der Waals surface area contributed by atoms with Crippen LogP contribution in [0.5, 0.6) is 5.75 Å². The SMILES string of the molecule is COc1cccc(CNc2ncnc(C3CC3)c2F)c1. The number of nitrogens with zero attached hydrogens (tertiary/aromatic N) is 2. The van der Waals surface area contributed by atoms with Gasteiger partial charge in [-0.2, -0.15) is 0 Å². The van der Waals surface area contributed by atoms with Crippen LogP contribution in [-0.2, 0) is 6.54 Å². The van der Waals surface area contributed by atoms with Crippen LogP contribution >= 0.6 is 0 Å². The smallest absolute Gasteiger partial charge is 0.187 e. The summed E-state index contributed by atoms with van der Waals surface area (Å²) in [5.74, 6) is 1.00. The minimum atomic E-state index is -0.321. The third-order valence-corrected chi connectivity index (χ3v) is 3.37. The number of hydrogen-bond donors (Lipinski definition) is 1. The molecule has 2 aromatic rings. The van der Waals surface area contributed by atoms with Crippen LogP contribution in [0.2, 0.25) is 0 Å². The molecule has 0 amide bonds. The average Bonchev–Trinajstić information content (AvgIpc) is 3.31. The maximum absolute atomic E-state index is 14.2. The molecule has 1 aromatic carbocycles. The topological polar surface area (TPSA) is 47.0 Å². The van der Waals surface area contributed by atoms with Gasteiger partial charge in [0.2, 0.25) is 0 Å². The Balaban J connectivity index is 1.73. The normalized spacial score (nSPS) is 14.1. The van der Waals surface area contributed by atoms with Crippen LogP contribution < -0.4 is 10.1 Å². The van der Waals surface area contributed by atoms with E-state index in [9.17, 15) is 4.39 Å². The van der Waals surface area contributed by atoms with Crippen LogP contribution in [0, 0.1) is 5.82 Å². The zero-order chi connectivity index (χ0) is 13.9. The Morgan fingerprint density at radius 3 is 2.95 bits per heavy atom. The maximum Gasteiger partial charge on any atom is 0.187 e. The summed E-state index contributed by atoms with van der Waals surface area (Å²) >= 11 is 0. The minimum absolute atomic E-state index is 0.268. The zero-order valence-corrected chi connectivity index (χ0v) is 11.3. The van der Waals surface area contributed by atoms with Gasteiger partial charge in [-0.05, 0) is 30.5 Å². The van der Waals surface area contributed by atoms with Crippen LogP contribution in [0.1, 0.15) is 30.0 Å². The highest BCUT2D eigenvalue weighted by atomic mass is 19.1. The molecule has 1 aliphatic rings. The molecule has 0 radical (unpaired) electrons. The van der Waals surface area contributed by atoms with Crippen LogP contribution in [0.4, 0.5) is 10.2 Å². The molecule has 3 rings (SSSR count). The summed E-state index contributed by atoms with van der Waals surface area (Å²) in [6.45, 7) is 0.495. The van der Waals surface area contributed by atoms with Gasteiger partial charge in [-0.1, -0.05) is 12.1 Å². The van der Waals surface area contributed by atoms with E-state index in [1.807, 2.05) is 24.3 Å². The Morgan fingerprint density at radius 1 is 1.35 bits per heavy atom. The molecule has 1 aromatic heterocycles. The van der Waals surface area contributed by atoms with Crippen molar-refractivity contribution in [1.29, 1.82) is 0 Å². The second-order valence-electron chi connectivity index (χ2n) is 4.90. The fourth-order valence-corrected chi connectivity index (χ4v) is 2.12. The molecule has 4 nitrogen and oxygen atoms in total. The molecule has 1 aliphatic carbocycles. The van der Waals surface area contributed by atoms with Gasteiger partial charge < -0.3 is 10.1 Å². The summed E-state index contributed by atoms with van der Waals surface area (Å²) in [7, 11) is 1.62. The number of hydrogen-bond acceptors (Lipinski definition) is 4. The van der Waals surface area contributed by atoms with Crippen LogP contribution in [0.3, 0.4) is 0 Å². The number of ether oxygens (including phenoxy) is 1. The van der Waals surface area contributed by atoms with E-state index in [4.69, 9.17) is 4.74 Å². The monoisotopic (exact) mass is 273 g/mol. The molecule has 5 heteroatoms. The Labute approximate surface area is 117 Å². The second kappa shape index (κ2) is 5.45. The molecule has 1 heterocycles. The van der Waals surface area contributed by atoms with Gasteiger partial charge in [0.05, 0.1) is 12.8 Å². The summed E-state index contributed by atoms with van der Waals surface area (Å²) in [4.78, 5) is 8.02. The van der Waals surface area contributed by atoms with Crippen molar-refractivity contribution in [3.63, 3.8) is 0 Å². The van der Waals surface area contributed by atoms with Crippen molar-refractivity contribution in [2.24, 2.45) is 0 Å². The molecule has 0 atom stereocenters. The van der Waals surface area contributed by atoms with E-state index in [0.717, 1.165) is 24.2 Å². The van der Waals surface area contributed by atoms with Crippen molar-refractivity contribution in [3.05, 3.63) is 47.7 Å². The van der Waals surface area contributed by atoms with Gasteiger partial charge in [0.1, 0.15) is 12.1 Å². The Kier molecular flexibility index (Phi) is 3.50. The van der Waals surface area contributed by atoms with Crippen LogP contribution in [0.25, 0.3) is 0 Å². The van der Waals surface area contributed by atoms with Crippen molar-refractivity contribution in [3.8, 4) is 5.75 Å². The molecular weight excluding hydrogens is 257 g/mol. The van der Waals surface area contributed by atoms with E-state index < -0.39 is 0 Å². The summed E-state index contributed by atoms with van der Waals surface area (Å²) in [5, 5.41) is 3.02. The zero-order valence-electron chi connectivity index (χ0n) is 11.3. The van der Waals surface area contributed by atoms with E-state index in [1.165, 1.54) is 6.33 Å². The van der Waals surface area contributed by atoms with Crippen LogP contribution in [0.15, 0.2) is 30.6 Å². The van der Waals surface area contributed by atoms with Crippen molar-refractivity contribution in [1.82, 2.24) is 9.97 Å². The average molecular weight is 273 g/mol. The van der Waals surface area contributed by atoms with Gasteiger partial charge in [-0.15, -0.1) is 0 Å². The molecule has 0 spiro atoms. The first kappa shape index (κ1) is 12.8. The lowest BCUT2D eigenvalue weighted by atomic mass is 10.2. The fraction of sp³-hybridized carbons (Fsp3) is 0.333. The second-order valence-corrected chi connectivity index (χ2v) is 4.90. The summed E-state index contributed by atoms with van der Waals surface area (Å²) < 4.78 is 19.4. The molecule has 1 fully saturated rings. The molecule has 20 heavy (non-hydrogen) atoms. The number of rotatable bonds is 5. The number of nitrogens with one attached hydrogen (secondary N) is 1. The first-order chi connectivity index (χ1) is 9.78. The lowest BCUT2D eigenvalue weighted by Gasteiger charge is -2.09. The Morgan fingerprint density at radius 2 is 2.20 bits per heavy atom. The minimum Gasteiger partial charge on any atom is -0.497 e. The predicted octanol–water partition coefficient (Wildman–Crippen LogP) is 3.11. The van der Waals surface area contributed by atoms with Crippen molar-refractivity contribution in [2.45, 2.75) is 25.3 Å². The molecule has 0 unspecified atom stereocenters. The number of anilines is 1. The van der Waals surface area contributed by atoms with E-state index >= 15 is 0 Å². The van der Waals surface area contributed by atoms with Gasteiger partial charge in [0, 0.05) is 12.5 Å².